The minimum absolute atomic E-state index is 0.0254. The molecule has 2 saturated carbocycles. The third-order valence-electron chi connectivity index (χ3n) is 5.02. The number of carbonyl (C=O) groups is 1. The van der Waals surface area contributed by atoms with Gasteiger partial charge in [0.2, 0.25) is 0 Å². The van der Waals surface area contributed by atoms with Crippen molar-refractivity contribution in [3.63, 3.8) is 0 Å². The summed E-state index contributed by atoms with van der Waals surface area (Å²) in [6.07, 6.45) is 1.32. The Kier molecular flexibility index (Phi) is 2.59. The number of hydrogen-bond donors (Lipinski definition) is 0. The van der Waals surface area contributed by atoms with Crippen LogP contribution < -0.4 is 4.74 Å². The molecule has 0 aromatic heterocycles. The molecule has 6 atom stereocenters. The molecule has 1 aliphatic heterocycles. The normalized spacial score (nSPS) is 42.5. The summed E-state index contributed by atoms with van der Waals surface area (Å²) in [7, 11) is 1.67. The first kappa shape index (κ1) is 12.0. The lowest BCUT2D eigenvalue weighted by Gasteiger charge is -2.28. The van der Waals surface area contributed by atoms with Gasteiger partial charge in [-0.15, -0.1) is 0 Å². The highest BCUT2D eigenvalue weighted by Crippen LogP contribution is 2.63. The Hall–Kier alpha value is -0.780. The van der Waals surface area contributed by atoms with Gasteiger partial charge in [-0.05, 0) is 30.0 Å². The van der Waals surface area contributed by atoms with Gasteiger partial charge in [-0.2, -0.15) is 0 Å². The van der Waals surface area contributed by atoms with E-state index in [-0.39, 0.29) is 18.0 Å². The van der Waals surface area contributed by atoms with E-state index in [0.717, 1.165) is 12.2 Å². The van der Waals surface area contributed by atoms with Crippen LogP contribution in [0.15, 0.2) is 24.3 Å². The van der Waals surface area contributed by atoms with Crippen molar-refractivity contribution in [1.29, 1.82) is 0 Å². The number of methoxy groups -OCH3 is 1. The summed E-state index contributed by atoms with van der Waals surface area (Å²) in [6.45, 7) is 0. The zero-order valence-electron chi connectivity index (χ0n) is 10.6. The predicted octanol–water partition coefficient (Wildman–Crippen LogP) is 2.77. The van der Waals surface area contributed by atoms with Gasteiger partial charge in [-0.25, -0.2) is 0 Å². The lowest BCUT2D eigenvalue weighted by Crippen LogP contribution is -2.32. The Balaban J connectivity index is 1.73. The van der Waals surface area contributed by atoms with E-state index >= 15 is 0 Å². The Morgan fingerprint density at radius 2 is 1.95 bits per heavy atom. The molecule has 3 aliphatic rings. The van der Waals surface area contributed by atoms with Crippen LogP contribution in [0.4, 0.5) is 0 Å². The molecule has 1 heterocycles. The van der Waals surface area contributed by atoms with Crippen LogP contribution in [0, 0.1) is 17.8 Å². The molecule has 1 saturated heterocycles. The molecule has 0 amide bonds. The minimum Gasteiger partial charge on any atom is -0.497 e. The SMILES string of the molecule is COc1ccc([C@H]2[C@@H]3C[C@H]4[C@H](OC(=O)[C@@H]42)[C@@H]3I)cc1. The standard InChI is InChI=1S/C15H15IO3/c1-18-8-4-2-7(3-5-8)11-9-6-10-12(11)15(17)19-14(10)13(9)16/h2-5,9-14H,6H2,1H3/t9-,10+,11-,12-,13+,14-/m0/s1. The molecule has 1 aromatic carbocycles. The molecule has 1 aromatic rings. The van der Waals surface area contributed by atoms with E-state index in [1.165, 1.54) is 5.56 Å². The van der Waals surface area contributed by atoms with Crippen LogP contribution in [0.3, 0.4) is 0 Å². The Morgan fingerprint density at radius 3 is 2.63 bits per heavy atom. The van der Waals surface area contributed by atoms with Crippen molar-refractivity contribution in [2.45, 2.75) is 22.4 Å². The highest BCUT2D eigenvalue weighted by atomic mass is 127. The molecule has 0 N–H and O–H groups in total. The number of alkyl halides is 1. The molecule has 2 bridgehead atoms. The van der Waals surface area contributed by atoms with Gasteiger partial charge in [0.15, 0.2) is 0 Å². The summed E-state index contributed by atoms with van der Waals surface area (Å²) in [4.78, 5) is 12.1. The van der Waals surface area contributed by atoms with Gasteiger partial charge in [0, 0.05) is 11.8 Å². The first-order chi connectivity index (χ1) is 9.20. The molecule has 2 aliphatic carbocycles. The lowest BCUT2D eigenvalue weighted by molar-refractivity contribution is -0.143. The van der Waals surface area contributed by atoms with Gasteiger partial charge in [-0.3, -0.25) is 4.79 Å². The highest BCUT2D eigenvalue weighted by Gasteiger charge is 2.66. The van der Waals surface area contributed by atoms with E-state index in [1.807, 2.05) is 12.1 Å². The van der Waals surface area contributed by atoms with Crippen molar-refractivity contribution in [3.8, 4) is 5.75 Å². The number of ether oxygens (including phenoxy) is 2. The number of esters is 1. The Labute approximate surface area is 125 Å². The van der Waals surface area contributed by atoms with Crippen LogP contribution in [0.25, 0.3) is 0 Å². The van der Waals surface area contributed by atoms with Crippen molar-refractivity contribution in [2.24, 2.45) is 17.8 Å². The fraction of sp³-hybridized carbons (Fsp3) is 0.533. The van der Waals surface area contributed by atoms with Crippen molar-refractivity contribution in [3.05, 3.63) is 29.8 Å². The average molecular weight is 370 g/mol. The third kappa shape index (κ3) is 1.52. The maximum atomic E-state index is 12.1. The molecule has 3 fully saturated rings. The summed E-state index contributed by atoms with van der Waals surface area (Å²) in [5.74, 6) is 2.35. The van der Waals surface area contributed by atoms with Gasteiger partial charge in [0.1, 0.15) is 11.9 Å². The van der Waals surface area contributed by atoms with Crippen LogP contribution in [0.1, 0.15) is 17.9 Å². The monoisotopic (exact) mass is 370 g/mol. The number of fused-ring (bicyclic) bond motifs is 1. The van der Waals surface area contributed by atoms with Gasteiger partial charge in [0.05, 0.1) is 17.0 Å². The van der Waals surface area contributed by atoms with E-state index in [0.29, 0.717) is 21.7 Å². The van der Waals surface area contributed by atoms with Crippen LogP contribution in [-0.4, -0.2) is 23.1 Å². The first-order valence-electron chi connectivity index (χ1n) is 6.69. The molecule has 4 heteroatoms. The summed E-state index contributed by atoms with van der Waals surface area (Å²) in [5, 5.41) is 0. The Morgan fingerprint density at radius 1 is 1.21 bits per heavy atom. The fourth-order valence-electron chi connectivity index (χ4n) is 4.25. The molecule has 0 radical (unpaired) electrons. The highest BCUT2D eigenvalue weighted by molar-refractivity contribution is 14.1. The quantitative estimate of drug-likeness (QED) is 0.456. The van der Waals surface area contributed by atoms with Crippen LogP contribution >= 0.6 is 22.6 Å². The summed E-state index contributed by atoms with van der Waals surface area (Å²) in [6, 6.07) is 8.19. The molecule has 3 nitrogen and oxygen atoms in total. The summed E-state index contributed by atoms with van der Waals surface area (Å²) < 4.78 is 11.3. The van der Waals surface area contributed by atoms with Crippen molar-refractivity contribution < 1.29 is 14.3 Å². The largest absolute Gasteiger partial charge is 0.497 e. The van der Waals surface area contributed by atoms with Crippen LogP contribution in [-0.2, 0) is 9.53 Å². The predicted molar refractivity (Wildman–Crippen MR) is 78.5 cm³/mol. The number of carbonyl (C=O) groups excluding carboxylic acids is 1. The smallest absolute Gasteiger partial charge is 0.310 e. The zero-order valence-corrected chi connectivity index (χ0v) is 12.7. The van der Waals surface area contributed by atoms with Crippen molar-refractivity contribution in [1.82, 2.24) is 0 Å². The second-order valence-electron chi connectivity index (χ2n) is 5.73. The van der Waals surface area contributed by atoms with E-state index in [4.69, 9.17) is 9.47 Å². The maximum Gasteiger partial charge on any atom is 0.310 e. The third-order valence-corrected chi connectivity index (χ3v) is 6.66. The van der Waals surface area contributed by atoms with E-state index in [1.54, 1.807) is 7.11 Å². The van der Waals surface area contributed by atoms with Crippen LogP contribution in [0.5, 0.6) is 5.75 Å². The minimum atomic E-state index is 0.0254. The number of hydrogen-bond acceptors (Lipinski definition) is 3. The van der Waals surface area contributed by atoms with Gasteiger partial charge >= 0.3 is 5.97 Å². The van der Waals surface area contributed by atoms with E-state index in [9.17, 15) is 4.79 Å². The molecular weight excluding hydrogens is 355 g/mol. The van der Waals surface area contributed by atoms with Crippen LogP contribution in [0.2, 0.25) is 0 Å². The molecule has 4 rings (SSSR count). The molecular formula is C15H15IO3. The summed E-state index contributed by atoms with van der Waals surface area (Å²) in [5.41, 5.74) is 1.26. The lowest BCUT2D eigenvalue weighted by atomic mass is 9.76. The van der Waals surface area contributed by atoms with E-state index in [2.05, 4.69) is 34.7 Å². The van der Waals surface area contributed by atoms with Crippen molar-refractivity contribution >= 4 is 28.6 Å². The average Bonchev–Trinajstić information content (AvgIpc) is 3.03. The number of benzene rings is 1. The fourth-order valence-corrected chi connectivity index (χ4v) is 5.67. The number of halogens is 1. The molecule has 0 unspecified atom stereocenters. The van der Waals surface area contributed by atoms with Gasteiger partial charge in [0.25, 0.3) is 0 Å². The van der Waals surface area contributed by atoms with Crippen molar-refractivity contribution in [2.75, 3.05) is 7.11 Å². The molecule has 100 valence electrons. The number of rotatable bonds is 2. The van der Waals surface area contributed by atoms with Gasteiger partial charge in [-0.1, -0.05) is 34.7 Å². The first-order valence-corrected chi connectivity index (χ1v) is 7.94. The van der Waals surface area contributed by atoms with E-state index < -0.39 is 0 Å². The topological polar surface area (TPSA) is 35.5 Å². The molecule has 19 heavy (non-hydrogen) atoms. The maximum absolute atomic E-state index is 12.1. The molecule has 0 spiro atoms. The zero-order chi connectivity index (χ0) is 13.1. The Bertz CT molecular complexity index is 527. The van der Waals surface area contributed by atoms with Gasteiger partial charge < -0.3 is 9.47 Å². The second kappa shape index (κ2) is 4.11. The second-order valence-corrected chi connectivity index (χ2v) is 7.17. The summed E-state index contributed by atoms with van der Waals surface area (Å²) >= 11 is 2.48.